The molecule has 0 spiro atoms. The van der Waals surface area contributed by atoms with Crippen LogP contribution in [0.1, 0.15) is 58.3 Å². The van der Waals surface area contributed by atoms with Crippen LogP contribution in [0.15, 0.2) is 33.6 Å². The van der Waals surface area contributed by atoms with Gasteiger partial charge in [-0.15, -0.1) is 4.40 Å². The highest BCUT2D eigenvalue weighted by molar-refractivity contribution is 7.90. The van der Waals surface area contributed by atoms with Gasteiger partial charge in [0.1, 0.15) is 5.84 Å². The van der Waals surface area contributed by atoms with Crippen LogP contribution in [-0.4, -0.2) is 38.7 Å². The average Bonchev–Trinajstić information content (AvgIpc) is 2.99. The molecule has 0 bridgehead atoms. The lowest BCUT2D eigenvalue weighted by Gasteiger charge is -2.11. The number of carbonyl (C=O) groups is 1. The molecule has 26 heavy (non-hydrogen) atoms. The van der Waals surface area contributed by atoms with Gasteiger partial charge in [-0.25, -0.2) is 0 Å². The van der Waals surface area contributed by atoms with Crippen molar-refractivity contribution >= 4 is 27.5 Å². The molecule has 1 aromatic carbocycles. The fourth-order valence-electron chi connectivity index (χ4n) is 2.95. The Bertz CT molecular complexity index is 744. The van der Waals surface area contributed by atoms with E-state index in [0.29, 0.717) is 24.4 Å². The molecule has 7 heteroatoms. The normalized spacial score (nSPS) is 16.2. The van der Waals surface area contributed by atoms with Gasteiger partial charge < -0.3 is 10.2 Å². The third-order valence-electron chi connectivity index (χ3n) is 4.48. The van der Waals surface area contributed by atoms with Gasteiger partial charge in [-0.3, -0.25) is 4.79 Å². The molecule has 1 heterocycles. The minimum atomic E-state index is -3.77. The van der Waals surface area contributed by atoms with Crippen molar-refractivity contribution in [2.24, 2.45) is 4.40 Å². The number of anilines is 1. The van der Waals surface area contributed by atoms with Gasteiger partial charge in [0.15, 0.2) is 0 Å². The van der Waals surface area contributed by atoms with Crippen LogP contribution in [-0.2, 0) is 14.8 Å². The maximum Gasteiger partial charge on any atom is 0.284 e. The number of hydrogen-bond acceptors (Lipinski definition) is 3. The Morgan fingerprint density at radius 1 is 1.23 bits per heavy atom. The van der Waals surface area contributed by atoms with E-state index in [1.807, 2.05) is 11.9 Å². The fraction of sp³-hybridized carbons (Fsp3) is 0.579. The Balaban J connectivity index is 1.98. The number of rotatable bonds is 9. The Labute approximate surface area is 156 Å². The molecule has 0 radical (unpaired) electrons. The van der Waals surface area contributed by atoms with Crippen LogP contribution < -0.4 is 5.32 Å². The number of likely N-dealkylation sites (tertiary alicyclic amines) is 1. The molecule has 144 valence electrons. The zero-order chi connectivity index (χ0) is 19.0. The molecule has 0 atom stereocenters. The largest absolute Gasteiger partial charge is 0.362 e. The molecule has 1 N–H and O–H groups in total. The van der Waals surface area contributed by atoms with Crippen LogP contribution in [0, 0.1) is 0 Å². The molecule has 1 aliphatic heterocycles. The van der Waals surface area contributed by atoms with E-state index in [1.165, 1.54) is 25.0 Å². The summed E-state index contributed by atoms with van der Waals surface area (Å²) in [5.74, 6) is 0.504. The molecule has 0 saturated carbocycles. The summed E-state index contributed by atoms with van der Waals surface area (Å²) in [7, 11) is -1.92. The predicted molar refractivity (Wildman–Crippen MR) is 105 cm³/mol. The Hall–Kier alpha value is -1.89. The first-order valence-corrected chi connectivity index (χ1v) is 10.8. The summed E-state index contributed by atoms with van der Waals surface area (Å²) in [6.07, 6.45) is 7.45. The SMILES string of the molecule is CCCCCCCC(=O)Nc1cccc(S(=O)(=O)/N=C2/CCCN2C)c1. The van der Waals surface area contributed by atoms with Gasteiger partial charge in [0.05, 0.1) is 4.90 Å². The second-order valence-corrected chi connectivity index (χ2v) is 8.35. The van der Waals surface area contributed by atoms with E-state index in [2.05, 4.69) is 16.6 Å². The predicted octanol–water partition coefficient (Wildman–Crippen LogP) is 3.80. The van der Waals surface area contributed by atoms with E-state index < -0.39 is 10.0 Å². The number of carbonyl (C=O) groups excluding carboxylic acids is 1. The van der Waals surface area contributed by atoms with Crippen LogP contribution in [0.4, 0.5) is 5.69 Å². The van der Waals surface area contributed by atoms with E-state index in [4.69, 9.17) is 0 Å². The number of unbranched alkanes of at least 4 members (excludes halogenated alkanes) is 4. The summed E-state index contributed by atoms with van der Waals surface area (Å²) in [5, 5.41) is 2.79. The van der Waals surface area contributed by atoms with E-state index >= 15 is 0 Å². The van der Waals surface area contributed by atoms with Crippen molar-refractivity contribution < 1.29 is 13.2 Å². The third kappa shape index (κ3) is 6.12. The smallest absolute Gasteiger partial charge is 0.284 e. The maximum atomic E-state index is 12.5. The highest BCUT2D eigenvalue weighted by atomic mass is 32.2. The Kier molecular flexibility index (Phi) is 7.63. The van der Waals surface area contributed by atoms with Gasteiger partial charge in [-0.2, -0.15) is 8.42 Å². The lowest BCUT2D eigenvalue weighted by molar-refractivity contribution is -0.116. The first kappa shape index (κ1) is 20.4. The summed E-state index contributed by atoms with van der Waals surface area (Å²) in [4.78, 5) is 14.0. The molecular formula is C19H29N3O3S. The Morgan fingerprint density at radius 3 is 2.69 bits per heavy atom. The van der Waals surface area contributed by atoms with Gasteiger partial charge in [0.25, 0.3) is 10.0 Å². The topological polar surface area (TPSA) is 78.8 Å². The fourth-order valence-corrected chi connectivity index (χ4v) is 4.09. The molecule has 0 aromatic heterocycles. The van der Waals surface area contributed by atoms with E-state index in [9.17, 15) is 13.2 Å². The van der Waals surface area contributed by atoms with Crippen LogP contribution in [0.3, 0.4) is 0 Å². The molecule has 0 unspecified atom stereocenters. The van der Waals surface area contributed by atoms with Crippen molar-refractivity contribution in [3.63, 3.8) is 0 Å². The quantitative estimate of drug-likeness (QED) is 0.662. The summed E-state index contributed by atoms with van der Waals surface area (Å²) < 4.78 is 29.0. The first-order valence-electron chi connectivity index (χ1n) is 9.37. The molecule has 0 aliphatic carbocycles. The zero-order valence-electron chi connectivity index (χ0n) is 15.7. The number of benzene rings is 1. The number of nitrogens with zero attached hydrogens (tertiary/aromatic N) is 2. The minimum Gasteiger partial charge on any atom is -0.362 e. The third-order valence-corrected chi connectivity index (χ3v) is 5.78. The molecule has 1 amide bonds. The van der Waals surface area contributed by atoms with Crippen molar-refractivity contribution in [3.8, 4) is 0 Å². The molecule has 2 rings (SSSR count). The second kappa shape index (κ2) is 9.71. The summed E-state index contributed by atoms with van der Waals surface area (Å²) in [6.45, 7) is 2.98. The highest BCUT2D eigenvalue weighted by Gasteiger charge is 2.20. The minimum absolute atomic E-state index is 0.0853. The van der Waals surface area contributed by atoms with Gasteiger partial charge in [-0.1, -0.05) is 38.7 Å². The van der Waals surface area contributed by atoms with Gasteiger partial charge in [0, 0.05) is 32.1 Å². The summed E-state index contributed by atoms with van der Waals surface area (Å²) >= 11 is 0. The summed E-state index contributed by atoms with van der Waals surface area (Å²) in [5.41, 5.74) is 0.490. The van der Waals surface area contributed by atoms with Gasteiger partial charge in [-0.05, 0) is 31.0 Å². The second-order valence-electron chi connectivity index (χ2n) is 6.75. The lowest BCUT2D eigenvalue weighted by atomic mass is 10.1. The van der Waals surface area contributed by atoms with Crippen molar-refractivity contribution in [3.05, 3.63) is 24.3 Å². The van der Waals surface area contributed by atoms with Gasteiger partial charge in [0.2, 0.25) is 5.91 Å². The molecule has 1 saturated heterocycles. The van der Waals surface area contributed by atoms with Crippen LogP contribution >= 0.6 is 0 Å². The van der Waals surface area contributed by atoms with Crippen molar-refractivity contribution in [2.75, 3.05) is 18.9 Å². The maximum absolute atomic E-state index is 12.5. The number of nitrogens with one attached hydrogen (secondary N) is 1. The van der Waals surface area contributed by atoms with Crippen LogP contribution in [0.2, 0.25) is 0 Å². The standard InChI is InChI=1S/C19H29N3O3S/c1-3-4-5-6-7-13-19(23)20-16-10-8-11-17(15-16)26(24,25)21-18-12-9-14-22(18)2/h8,10-11,15H,3-7,9,12-14H2,1-2H3,(H,20,23)/b21-18-. The van der Waals surface area contributed by atoms with E-state index in [-0.39, 0.29) is 10.8 Å². The summed E-state index contributed by atoms with van der Waals surface area (Å²) in [6, 6.07) is 6.31. The molecular weight excluding hydrogens is 350 g/mol. The monoisotopic (exact) mass is 379 g/mol. The molecule has 6 nitrogen and oxygen atoms in total. The van der Waals surface area contributed by atoms with Crippen LogP contribution in [0.25, 0.3) is 0 Å². The lowest BCUT2D eigenvalue weighted by Crippen LogP contribution is -2.20. The number of hydrogen-bond donors (Lipinski definition) is 1. The Morgan fingerprint density at radius 2 is 2.00 bits per heavy atom. The average molecular weight is 380 g/mol. The van der Waals surface area contributed by atoms with Crippen molar-refractivity contribution in [1.29, 1.82) is 0 Å². The molecule has 1 aromatic rings. The van der Waals surface area contributed by atoms with Crippen molar-refractivity contribution in [1.82, 2.24) is 4.90 Å². The van der Waals surface area contributed by atoms with Crippen LogP contribution in [0.5, 0.6) is 0 Å². The number of sulfonamides is 1. The number of amides is 1. The van der Waals surface area contributed by atoms with E-state index in [1.54, 1.807) is 12.1 Å². The molecule has 1 fully saturated rings. The van der Waals surface area contributed by atoms with E-state index in [0.717, 1.165) is 32.2 Å². The molecule has 1 aliphatic rings. The zero-order valence-corrected chi connectivity index (χ0v) is 16.5. The van der Waals surface area contributed by atoms with Crippen molar-refractivity contribution in [2.45, 2.75) is 63.2 Å². The van der Waals surface area contributed by atoms with Gasteiger partial charge >= 0.3 is 0 Å². The highest BCUT2D eigenvalue weighted by Crippen LogP contribution is 2.20. The number of amidine groups is 1. The first-order chi connectivity index (χ1) is 12.4.